The highest BCUT2D eigenvalue weighted by molar-refractivity contribution is 6.01. The van der Waals surface area contributed by atoms with E-state index in [1.807, 2.05) is 0 Å². The Morgan fingerprint density at radius 3 is 2.21 bits per heavy atom. The van der Waals surface area contributed by atoms with Gasteiger partial charge in [0.15, 0.2) is 0 Å². The van der Waals surface area contributed by atoms with Gasteiger partial charge in [-0.2, -0.15) is 0 Å². The molecule has 1 rings (SSSR count). The third-order valence-electron chi connectivity index (χ3n) is 3.98. The number of hydrogen-bond acceptors (Lipinski definition) is 7. The summed E-state index contributed by atoms with van der Waals surface area (Å²) in [6, 6.07) is 3.05. The SMILES string of the molecule is CCOC(=O)CNC(=O)C(C(C)C)N(C(C)=O)c1ccc(C(=O)OCC)c(O)c1. The second kappa shape index (κ2) is 11.0. The second-order valence-corrected chi connectivity index (χ2v) is 6.52. The fraction of sp³-hybridized carbons (Fsp3) is 0.500. The molecule has 0 aromatic heterocycles. The lowest BCUT2D eigenvalue weighted by atomic mass is 10.00. The van der Waals surface area contributed by atoms with Gasteiger partial charge in [-0.15, -0.1) is 0 Å². The van der Waals surface area contributed by atoms with Crippen LogP contribution in [-0.2, 0) is 23.9 Å². The zero-order chi connectivity index (χ0) is 22.1. The monoisotopic (exact) mass is 408 g/mol. The first-order chi connectivity index (χ1) is 13.6. The van der Waals surface area contributed by atoms with E-state index in [1.165, 1.54) is 30.0 Å². The van der Waals surface area contributed by atoms with Crippen molar-refractivity contribution in [3.05, 3.63) is 23.8 Å². The van der Waals surface area contributed by atoms with Gasteiger partial charge in [0.05, 0.1) is 13.2 Å². The van der Waals surface area contributed by atoms with Crippen molar-refractivity contribution in [3.8, 4) is 5.75 Å². The molecule has 0 aliphatic rings. The quantitative estimate of drug-likeness (QED) is 0.595. The van der Waals surface area contributed by atoms with Crippen molar-refractivity contribution < 1.29 is 33.8 Å². The number of esters is 2. The standard InChI is InChI=1S/C20H28N2O7/c1-6-28-17(25)11-21-19(26)18(12(3)4)22(13(5)23)14-8-9-15(16(24)10-14)20(27)29-7-2/h8-10,12,18,24H,6-7,11H2,1-5H3,(H,21,26). The van der Waals surface area contributed by atoms with Crippen LogP contribution in [0, 0.1) is 5.92 Å². The van der Waals surface area contributed by atoms with E-state index in [2.05, 4.69) is 5.32 Å². The molecule has 0 heterocycles. The first-order valence-electron chi connectivity index (χ1n) is 9.37. The van der Waals surface area contributed by atoms with Gasteiger partial charge < -0.3 is 19.9 Å². The van der Waals surface area contributed by atoms with Crippen LogP contribution in [0.1, 0.15) is 45.0 Å². The van der Waals surface area contributed by atoms with Gasteiger partial charge >= 0.3 is 11.9 Å². The number of phenols is 1. The molecule has 0 saturated heterocycles. The Balaban J connectivity index is 3.19. The minimum absolute atomic E-state index is 0.0491. The topological polar surface area (TPSA) is 122 Å². The first kappa shape index (κ1) is 23.9. The number of rotatable bonds is 9. The fourth-order valence-corrected chi connectivity index (χ4v) is 2.78. The Bertz CT molecular complexity index is 761. The van der Waals surface area contributed by atoms with Crippen molar-refractivity contribution in [2.24, 2.45) is 5.92 Å². The number of amides is 2. The first-order valence-corrected chi connectivity index (χ1v) is 9.37. The highest BCUT2D eigenvalue weighted by Gasteiger charge is 2.33. The van der Waals surface area contributed by atoms with Gasteiger partial charge in [0.1, 0.15) is 23.9 Å². The molecule has 1 atom stereocenters. The summed E-state index contributed by atoms with van der Waals surface area (Å²) < 4.78 is 9.65. The highest BCUT2D eigenvalue weighted by atomic mass is 16.5. The van der Waals surface area contributed by atoms with Gasteiger partial charge in [-0.05, 0) is 31.9 Å². The van der Waals surface area contributed by atoms with Crippen LogP contribution < -0.4 is 10.2 Å². The number of ether oxygens (including phenoxy) is 2. The van der Waals surface area contributed by atoms with Crippen LogP contribution in [0.4, 0.5) is 5.69 Å². The van der Waals surface area contributed by atoms with Crippen LogP contribution in [0.2, 0.25) is 0 Å². The molecule has 0 fully saturated rings. The Labute approximate surface area is 170 Å². The van der Waals surface area contributed by atoms with Crippen LogP contribution in [-0.4, -0.2) is 54.7 Å². The lowest BCUT2D eigenvalue weighted by molar-refractivity contribution is -0.143. The van der Waals surface area contributed by atoms with E-state index < -0.39 is 29.8 Å². The number of anilines is 1. The van der Waals surface area contributed by atoms with Crippen LogP contribution >= 0.6 is 0 Å². The lowest BCUT2D eigenvalue weighted by Gasteiger charge is -2.32. The van der Waals surface area contributed by atoms with E-state index in [4.69, 9.17) is 9.47 Å². The van der Waals surface area contributed by atoms with Crippen molar-refractivity contribution in [1.82, 2.24) is 5.32 Å². The maximum atomic E-state index is 12.7. The van der Waals surface area contributed by atoms with E-state index >= 15 is 0 Å². The molecule has 1 aromatic carbocycles. The molecule has 0 radical (unpaired) electrons. The van der Waals surface area contributed by atoms with E-state index in [0.29, 0.717) is 0 Å². The second-order valence-electron chi connectivity index (χ2n) is 6.52. The van der Waals surface area contributed by atoms with Gasteiger partial charge in [0, 0.05) is 18.7 Å². The Morgan fingerprint density at radius 2 is 1.72 bits per heavy atom. The molecule has 29 heavy (non-hydrogen) atoms. The Hall–Kier alpha value is -3.10. The predicted octanol–water partition coefficient (Wildman–Crippen LogP) is 1.63. The minimum atomic E-state index is -0.949. The molecule has 0 saturated carbocycles. The smallest absolute Gasteiger partial charge is 0.341 e. The molecule has 0 bridgehead atoms. The largest absolute Gasteiger partial charge is 0.507 e. The van der Waals surface area contributed by atoms with Crippen LogP contribution in [0.5, 0.6) is 5.75 Å². The molecular formula is C20H28N2O7. The van der Waals surface area contributed by atoms with E-state index in [-0.39, 0.29) is 42.7 Å². The third-order valence-corrected chi connectivity index (χ3v) is 3.98. The van der Waals surface area contributed by atoms with Crippen molar-refractivity contribution in [1.29, 1.82) is 0 Å². The number of hydrogen-bond donors (Lipinski definition) is 2. The number of carbonyl (C=O) groups excluding carboxylic acids is 4. The summed E-state index contributed by atoms with van der Waals surface area (Å²) in [4.78, 5) is 49.6. The number of benzene rings is 1. The number of phenolic OH excluding ortho intramolecular Hbond substituents is 1. The molecule has 1 aromatic rings. The molecule has 0 aliphatic heterocycles. The zero-order valence-electron chi connectivity index (χ0n) is 17.4. The van der Waals surface area contributed by atoms with Gasteiger partial charge in [-0.25, -0.2) is 4.79 Å². The molecule has 2 amide bonds. The van der Waals surface area contributed by atoms with E-state index in [1.54, 1.807) is 27.7 Å². The predicted molar refractivity (Wildman–Crippen MR) is 105 cm³/mol. The van der Waals surface area contributed by atoms with Crippen molar-refractivity contribution >= 4 is 29.4 Å². The normalized spacial score (nSPS) is 11.5. The molecular weight excluding hydrogens is 380 g/mol. The third kappa shape index (κ3) is 6.48. The average molecular weight is 408 g/mol. The zero-order valence-corrected chi connectivity index (χ0v) is 17.4. The number of nitrogens with zero attached hydrogens (tertiary/aromatic N) is 1. The summed E-state index contributed by atoms with van der Waals surface area (Å²) in [5.41, 5.74) is 0.181. The molecule has 0 aliphatic carbocycles. The summed E-state index contributed by atoms with van der Waals surface area (Å²) in [6.07, 6.45) is 0. The van der Waals surface area contributed by atoms with Crippen LogP contribution in [0.15, 0.2) is 18.2 Å². The van der Waals surface area contributed by atoms with Crippen LogP contribution in [0.3, 0.4) is 0 Å². The van der Waals surface area contributed by atoms with Crippen LogP contribution in [0.25, 0.3) is 0 Å². The number of nitrogens with one attached hydrogen (secondary N) is 1. The molecule has 1 unspecified atom stereocenters. The van der Waals surface area contributed by atoms with Gasteiger partial charge in [0.25, 0.3) is 0 Å². The average Bonchev–Trinajstić information content (AvgIpc) is 2.63. The molecule has 9 nitrogen and oxygen atoms in total. The maximum absolute atomic E-state index is 12.7. The maximum Gasteiger partial charge on any atom is 0.341 e. The Kier molecular flexibility index (Phi) is 9.11. The van der Waals surface area contributed by atoms with Crippen molar-refractivity contribution in [2.45, 2.75) is 40.7 Å². The lowest BCUT2D eigenvalue weighted by Crippen LogP contribution is -2.53. The molecule has 9 heteroatoms. The number of carbonyl (C=O) groups is 4. The van der Waals surface area contributed by atoms with E-state index in [0.717, 1.165) is 0 Å². The van der Waals surface area contributed by atoms with E-state index in [9.17, 15) is 24.3 Å². The molecule has 0 spiro atoms. The number of aromatic hydroxyl groups is 1. The summed E-state index contributed by atoms with van der Waals surface area (Å²) in [7, 11) is 0. The van der Waals surface area contributed by atoms with Gasteiger partial charge in [0.2, 0.25) is 11.8 Å². The summed E-state index contributed by atoms with van der Waals surface area (Å²) >= 11 is 0. The Morgan fingerprint density at radius 1 is 1.10 bits per heavy atom. The van der Waals surface area contributed by atoms with Crippen molar-refractivity contribution in [3.63, 3.8) is 0 Å². The summed E-state index contributed by atoms with van der Waals surface area (Å²) in [6.45, 7) is 8.08. The highest BCUT2D eigenvalue weighted by Crippen LogP contribution is 2.28. The van der Waals surface area contributed by atoms with Gasteiger partial charge in [-0.3, -0.25) is 19.3 Å². The molecule has 2 N–H and O–H groups in total. The summed E-state index contributed by atoms with van der Waals surface area (Å²) in [5.74, 6) is -2.96. The van der Waals surface area contributed by atoms with Gasteiger partial charge in [-0.1, -0.05) is 13.8 Å². The minimum Gasteiger partial charge on any atom is -0.507 e. The fourth-order valence-electron chi connectivity index (χ4n) is 2.78. The summed E-state index contributed by atoms with van der Waals surface area (Å²) in [5, 5.41) is 12.7. The molecule has 160 valence electrons. The van der Waals surface area contributed by atoms with Crippen molar-refractivity contribution in [2.75, 3.05) is 24.7 Å².